The van der Waals surface area contributed by atoms with E-state index in [1.165, 1.54) is 56.9 Å². The molecule has 1 saturated heterocycles. The van der Waals surface area contributed by atoms with Crippen LogP contribution in [0.15, 0.2) is 36.9 Å². The molecular formula is C25H31F3N6O3. The van der Waals surface area contributed by atoms with Crippen molar-refractivity contribution in [1.29, 1.82) is 0 Å². The van der Waals surface area contributed by atoms with Crippen LogP contribution in [-0.4, -0.2) is 61.1 Å². The highest BCUT2D eigenvalue weighted by atomic mass is 19.4. The van der Waals surface area contributed by atoms with Gasteiger partial charge in [-0.2, -0.15) is 13.2 Å². The van der Waals surface area contributed by atoms with Crippen LogP contribution in [-0.2, 0) is 17.5 Å². The number of rotatable bonds is 8. The molecule has 200 valence electrons. The Morgan fingerprint density at radius 2 is 1.73 bits per heavy atom. The van der Waals surface area contributed by atoms with Crippen LogP contribution >= 0.6 is 0 Å². The van der Waals surface area contributed by atoms with Crippen molar-refractivity contribution in [1.82, 2.24) is 24.8 Å². The Balaban J connectivity index is 1.21. The van der Waals surface area contributed by atoms with E-state index in [4.69, 9.17) is 4.74 Å². The maximum atomic E-state index is 12.7. The second-order valence-corrected chi connectivity index (χ2v) is 9.80. The number of nitrogens with zero attached hydrogens (tertiary/aromatic N) is 4. The van der Waals surface area contributed by atoms with E-state index in [2.05, 4.69) is 25.6 Å². The van der Waals surface area contributed by atoms with E-state index >= 15 is 0 Å². The van der Waals surface area contributed by atoms with E-state index in [0.29, 0.717) is 28.5 Å². The highest BCUT2D eigenvalue weighted by molar-refractivity contribution is 5.82. The molecule has 2 fully saturated rings. The van der Waals surface area contributed by atoms with Crippen LogP contribution in [0.5, 0.6) is 0 Å². The summed E-state index contributed by atoms with van der Waals surface area (Å²) in [6, 6.07) is 4.86. The lowest BCUT2D eigenvalue weighted by Gasteiger charge is -2.22. The third kappa shape index (κ3) is 5.71. The molecule has 1 saturated carbocycles. The van der Waals surface area contributed by atoms with E-state index < -0.39 is 36.3 Å². The highest BCUT2D eigenvalue weighted by Gasteiger charge is 2.44. The predicted molar refractivity (Wildman–Crippen MR) is 129 cm³/mol. The number of ether oxygens (including phenoxy) is 1. The summed E-state index contributed by atoms with van der Waals surface area (Å²) in [5.74, 6) is 1.23. The molecule has 0 bridgehead atoms. The third-order valence-corrected chi connectivity index (χ3v) is 7.21. The number of imidazole rings is 1. The lowest BCUT2D eigenvalue weighted by Crippen LogP contribution is -2.37. The Kier molecular flexibility index (Phi) is 7.61. The van der Waals surface area contributed by atoms with Crippen molar-refractivity contribution >= 4 is 17.0 Å². The van der Waals surface area contributed by atoms with Gasteiger partial charge in [-0.15, -0.1) is 0 Å². The second-order valence-electron chi connectivity index (χ2n) is 9.80. The standard InChI is InChI=1S/C25H31F3N6O3/c26-25(27,28)17-8-6-16(7-9-17)10-29-12-18-20(35)21(36)24(37-18)34-14-33-19-22(31-13-32-23(19)34)30-11-15-4-2-1-3-5-15/h6-9,13-15,18,20-21,24,29,35-36H,1-5,10-12H2,(H,30,31,32)/t18-,20-,21-,24-/m1/s1. The molecule has 2 aliphatic rings. The number of aromatic nitrogens is 4. The minimum Gasteiger partial charge on any atom is -0.387 e. The minimum atomic E-state index is -4.38. The van der Waals surface area contributed by atoms with Gasteiger partial charge >= 0.3 is 6.18 Å². The lowest BCUT2D eigenvalue weighted by atomic mass is 9.89. The monoisotopic (exact) mass is 520 g/mol. The van der Waals surface area contributed by atoms with Crippen molar-refractivity contribution in [2.24, 2.45) is 5.92 Å². The first-order chi connectivity index (χ1) is 17.8. The third-order valence-electron chi connectivity index (χ3n) is 7.21. The zero-order valence-electron chi connectivity index (χ0n) is 20.2. The maximum absolute atomic E-state index is 12.7. The average Bonchev–Trinajstić information content (AvgIpc) is 3.44. The summed E-state index contributed by atoms with van der Waals surface area (Å²) in [6.45, 7) is 1.28. The van der Waals surface area contributed by atoms with Gasteiger partial charge in [0.05, 0.1) is 11.9 Å². The van der Waals surface area contributed by atoms with E-state index in [9.17, 15) is 23.4 Å². The van der Waals surface area contributed by atoms with Crippen molar-refractivity contribution in [2.75, 3.05) is 18.4 Å². The number of fused-ring (bicyclic) bond motifs is 1. The van der Waals surface area contributed by atoms with Crippen LogP contribution in [0.25, 0.3) is 11.2 Å². The number of hydrogen-bond acceptors (Lipinski definition) is 8. The first kappa shape index (κ1) is 25.8. The fourth-order valence-corrected chi connectivity index (χ4v) is 5.10. The summed E-state index contributed by atoms with van der Waals surface area (Å²) in [7, 11) is 0. The topological polar surface area (TPSA) is 117 Å². The molecule has 37 heavy (non-hydrogen) atoms. The normalized spacial score (nSPS) is 25.1. The van der Waals surface area contributed by atoms with Gasteiger partial charge < -0.3 is 25.6 Å². The summed E-state index contributed by atoms with van der Waals surface area (Å²) in [6.07, 6.45) is 0.725. The number of aliphatic hydroxyl groups excluding tert-OH is 2. The number of hydrogen-bond donors (Lipinski definition) is 4. The highest BCUT2D eigenvalue weighted by Crippen LogP contribution is 2.33. The molecule has 1 aliphatic carbocycles. The number of alkyl halides is 3. The molecule has 0 spiro atoms. The summed E-state index contributed by atoms with van der Waals surface area (Å²) in [4.78, 5) is 13.1. The molecule has 12 heteroatoms. The van der Waals surface area contributed by atoms with Crippen molar-refractivity contribution in [3.05, 3.63) is 48.0 Å². The number of halogens is 3. The Morgan fingerprint density at radius 3 is 2.46 bits per heavy atom. The van der Waals surface area contributed by atoms with Gasteiger partial charge in [0.25, 0.3) is 0 Å². The molecule has 2 aromatic heterocycles. The van der Waals surface area contributed by atoms with Gasteiger partial charge in [0.1, 0.15) is 24.6 Å². The van der Waals surface area contributed by atoms with Crippen LogP contribution in [0.4, 0.5) is 19.0 Å². The number of aliphatic hydroxyl groups is 2. The van der Waals surface area contributed by atoms with Crippen LogP contribution in [0.1, 0.15) is 49.5 Å². The Morgan fingerprint density at radius 1 is 0.973 bits per heavy atom. The molecule has 0 radical (unpaired) electrons. The van der Waals surface area contributed by atoms with Gasteiger partial charge in [0.2, 0.25) is 0 Å². The predicted octanol–water partition coefficient (Wildman–Crippen LogP) is 3.25. The van der Waals surface area contributed by atoms with E-state index in [1.54, 1.807) is 4.57 Å². The zero-order chi connectivity index (χ0) is 26.0. The Labute approximate surface area is 212 Å². The maximum Gasteiger partial charge on any atom is 0.416 e. The van der Waals surface area contributed by atoms with Gasteiger partial charge in [-0.05, 0) is 36.5 Å². The van der Waals surface area contributed by atoms with Crippen LogP contribution in [0.2, 0.25) is 0 Å². The van der Waals surface area contributed by atoms with Crippen molar-refractivity contribution < 1.29 is 28.1 Å². The fourth-order valence-electron chi connectivity index (χ4n) is 5.10. The van der Waals surface area contributed by atoms with Crippen LogP contribution in [0, 0.1) is 5.92 Å². The van der Waals surface area contributed by atoms with E-state index in [0.717, 1.165) is 18.7 Å². The first-order valence-corrected chi connectivity index (χ1v) is 12.6. The van der Waals surface area contributed by atoms with Gasteiger partial charge in [-0.3, -0.25) is 4.57 Å². The van der Waals surface area contributed by atoms with Crippen molar-refractivity contribution in [2.45, 2.75) is 69.4 Å². The zero-order valence-corrected chi connectivity index (χ0v) is 20.2. The quantitative estimate of drug-likeness (QED) is 0.358. The molecule has 3 aromatic rings. The summed E-state index contributed by atoms with van der Waals surface area (Å²) in [5, 5.41) is 27.8. The molecule has 0 amide bonds. The Hall–Kier alpha value is -2.80. The van der Waals surface area contributed by atoms with Crippen LogP contribution in [0.3, 0.4) is 0 Å². The second kappa shape index (κ2) is 10.9. The first-order valence-electron chi connectivity index (χ1n) is 12.6. The van der Waals surface area contributed by atoms with Gasteiger partial charge in [-0.25, -0.2) is 15.0 Å². The molecule has 1 aromatic carbocycles. The molecule has 9 nitrogen and oxygen atoms in total. The number of anilines is 1. The van der Waals surface area contributed by atoms with Gasteiger partial charge in [0, 0.05) is 19.6 Å². The molecule has 4 N–H and O–H groups in total. The Bertz CT molecular complexity index is 1180. The van der Waals surface area contributed by atoms with Gasteiger partial charge in [0.15, 0.2) is 23.2 Å². The fraction of sp³-hybridized carbons (Fsp3) is 0.560. The van der Waals surface area contributed by atoms with Gasteiger partial charge in [-0.1, -0.05) is 31.4 Å². The number of nitrogens with one attached hydrogen (secondary N) is 2. The molecule has 3 heterocycles. The summed E-state index contributed by atoms with van der Waals surface area (Å²) >= 11 is 0. The SMILES string of the molecule is O[C@@H]1[C@H](O)[C@@H](CNCc2ccc(C(F)(F)F)cc2)O[C@H]1n1cnc2c(NCC3CCCCC3)ncnc21. The van der Waals surface area contributed by atoms with Crippen LogP contribution < -0.4 is 10.6 Å². The molecule has 5 rings (SSSR count). The van der Waals surface area contributed by atoms with Crippen molar-refractivity contribution in [3.63, 3.8) is 0 Å². The van der Waals surface area contributed by atoms with E-state index in [-0.39, 0.29) is 13.1 Å². The number of benzene rings is 1. The average molecular weight is 521 g/mol. The molecule has 4 atom stereocenters. The molecule has 1 aliphatic heterocycles. The molecular weight excluding hydrogens is 489 g/mol. The van der Waals surface area contributed by atoms with Crippen molar-refractivity contribution in [3.8, 4) is 0 Å². The molecule has 0 unspecified atom stereocenters. The summed E-state index contributed by atoms with van der Waals surface area (Å²) in [5.41, 5.74) is 0.992. The van der Waals surface area contributed by atoms with E-state index in [1.807, 2.05) is 0 Å². The summed E-state index contributed by atoms with van der Waals surface area (Å²) < 4.78 is 45.8. The minimum absolute atomic E-state index is 0.186. The smallest absolute Gasteiger partial charge is 0.387 e. The largest absolute Gasteiger partial charge is 0.416 e. The lowest BCUT2D eigenvalue weighted by molar-refractivity contribution is -0.137.